The fourth-order valence-corrected chi connectivity index (χ4v) is 15.5. The third-order valence-corrected chi connectivity index (χ3v) is 21.3. The molecule has 36 heteroatoms. The van der Waals surface area contributed by atoms with Crippen molar-refractivity contribution in [3.8, 4) is 17.2 Å². The summed E-state index contributed by atoms with van der Waals surface area (Å²) < 4.78 is 126. The summed E-state index contributed by atoms with van der Waals surface area (Å²) >= 11 is 0. The summed E-state index contributed by atoms with van der Waals surface area (Å²) in [5.41, 5.74) is 1.11. The van der Waals surface area contributed by atoms with Gasteiger partial charge >= 0.3 is 0 Å². The summed E-state index contributed by atoms with van der Waals surface area (Å²) in [5.74, 6) is -5.11. The molecule has 0 radical (unpaired) electrons. The van der Waals surface area contributed by atoms with Crippen molar-refractivity contribution in [3.05, 3.63) is 269 Å². The van der Waals surface area contributed by atoms with Crippen LogP contribution in [0.5, 0.6) is 17.2 Å². The van der Waals surface area contributed by atoms with E-state index in [1.807, 2.05) is 60.7 Å². The summed E-state index contributed by atoms with van der Waals surface area (Å²) in [4.78, 5) is 122. The van der Waals surface area contributed by atoms with Gasteiger partial charge in [0, 0.05) is 110 Å². The number of aryl methyl sites for hydroxylation is 3. The van der Waals surface area contributed by atoms with Crippen molar-refractivity contribution in [2.45, 2.75) is 105 Å². The van der Waals surface area contributed by atoms with E-state index >= 15 is 0 Å². The molecule has 0 aliphatic carbocycles. The number of nitrogens with zero attached hydrogens (tertiary/aromatic N) is 8. The van der Waals surface area contributed by atoms with Crippen LogP contribution in [-0.2, 0) is 102 Å². The van der Waals surface area contributed by atoms with Crippen LogP contribution < -0.4 is 55.1 Å². The van der Waals surface area contributed by atoms with Gasteiger partial charge < -0.3 is 74.4 Å². The van der Waals surface area contributed by atoms with Crippen LogP contribution in [0.15, 0.2) is 166 Å². The number of rotatable bonds is 20. The first kappa shape index (κ1) is 92.8. The van der Waals surface area contributed by atoms with Crippen molar-refractivity contribution in [1.29, 1.82) is 0 Å². The van der Waals surface area contributed by atoms with E-state index in [2.05, 4.69) is 16.0 Å². The van der Waals surface area contributed by atoms with Gasteiger partial charge in [0.25, 0.3) is 17.7 Å². The number of halogens is 5. The molecule has 3 fully saturated rings. The van der Waals surface area contributed by atoms with Gasteiger partial charge in [0.2, 0.25) is 45.4 Å². The number of pyridine rings is 3. The number of sulfonamides is 2. The number of ketones is 3. The van der Waals surface area contributed by atoms with E-state index in [1.54, 1.807) is 33.7 Å². The molecule has 9 heterocycles. The van der Waals surface area contributed by atoms with Gasteiger partial charge in [0.05, 0.1) is 55.1 Å². The zero-order valence-corrected chi connectivity index (χ0v) is 67.0. The molecule has 0 saturated carbocycles. The summed E-state index contributed by atoms with van der Waals surface area (Å²) in [6.45, 7) is 2.34. The van der Waals surface area contributed by atoms with E-state index in [4.69, 9.17) is 9.47 Å². The second kappa shape index (κ2) is 39.3. The smallest absolute Gasteiger partial charge is 0.275 e. The normalized spacial score (nSPS) is 16.5. The minimum absolute atomic E-state index is 0. The molecule has 8 aromatic rings. The second-order valence-corrected chi connectivity index (χ2v) is 33.1. The van der Waals surface area contributed by atoms with Crippen molar-refractivity contribution in [2.24, 2.45) is 0 Å². The van der Waals surface area contributed by atoms with E-state index in [-0.39, 0.29) is 227 Å². The number of carbonyl (C=O) groups is 6. The van der Waals surface area contributed by atoms with Gasteiger partial charge in [-0.3, -0.25) is 48.5 Å². The number of benzene rings is 5. The number of carbonyl (C=O) groups excluding carboxylic acids is 6. The summed E-state index contributed by atoms with van der Waals surface area (Å²) in [7, 11) is -5.86. The third-order valence-electron chi connectivity index (χ3n) is 18.7. The van der Waals surface area contributed by atoms with Crippen molar-refractivity contribution < 1.29 is 128 Å². The molecule has 6 aliphatic rings. The van der Waals surface area contributed by atoms with E-state index in [0.29, 0.717) is 31.6 Å². The molecule has 3 atom stereocenters. The predicted octanol–water partition coefficient (Wildman–Crippen LogP) is 4.93. The van der Waals surface area contributed by atoms with Crippen molar-refractivity contribution in [2.75, 3.05) is 58.0 Å². The number of ether oxygens (including phenoxy) is 2. The van der Waals surface area contributed by atoms with Crippen LogP contribution in [0.4, 0.5) is 13.2 Å². The Labute approximate surface area is 688 Å². The topological polar surface area (TPSA) is 338 Å². The van der Waals surface area contributed by atoms with Gasteiger partial charge in [-0.05, 0) is 83.5 Å². The Morgan fingerprint density at radius 3 is 1.15 bits per heavy atom. The number of hydrogen-bond donors (Lipinski definition) is 2. The van der Waals surface area contributed by atoms with Crippen molar-refractivity contribution >= 4 is 74.9 Å². The first-order valence-electron chi connectivity index (χ1n) is 33.9. The largest absolute Gasteiger partial charge is 1.00 e. The molecule has 3 aromatic heterocycles. The van der Waals surface area contributed by atoms with Crippen LogP contribution in [0.25, 0.3) is 0 Å². The zero-order chi connectivity index (χ0) is 77.7. The van der Waals surface area contributed by atoms with Crippen LogP contribution >= 0.6 is 10.7 Å². The maximum Gasteiger partial charge on any atom is 0.275 e. The molecule has 113 heavy (non-hydrogen) atoms. The number of Topliss-reactive ketones (excluding diaryl/α,β-unsaturated/α-hetero) is 3. The molecule has 3 amide bonds. The molecule has 14 rings (SSSR count). The first-order chi connectivity index (χ1) is 51.2. The summed E-state index contributed by atoms with van der Waals surface area (Å²) in [6, 6.07) is 35.7. The number of nitrogens with one attached hydrogen (secondary N) is 1. The number of aromatic nitrogens is 3. The third kappa shape index (κ3) is 22.1. The Hall–Kier alpha value is -9.03. The summed E-state index contributed by atoms with van der Waals surface area (Å²) in [6.07, 6.45) is 6.26. The Balaban J connectivity index is 0.000000290. The van der Waals surface area contributed by atoms with Gasteiger partial charge in [-0.2, -0.15) is 8.61 Å². The van der Waals surface area contributed by atoms with Gasteiger partial charge in [-0.25, -0.2) is 38.4 Å². The Morgan fingerprint density at radius 2 is 0.796 bits per heavy atom. The SMILES string of the molecule is C.C.CS(=O)(=O)Cl.CS(=O)(=O)N1CCN2C(=O)c3c(O)c(=O)c(C(=O)CCc4ccc(F)cc4)cn3CC21.CS(=O)(=O)N1CCN2C(=O)c3c(OCc4ccccc4)c(=O)c(C(=O)CCc4ccc(F)cc4)cn3CC21.O=C(CCc1ccc(F)cc1)c1cn2c(c(OCc3ccccc3)c1=O)C(=O)N1CCNC1C2.[CH3-].[HH].[I-].[Pd]. The molecule has 0 spiro atoms. The van der Waals surface area contributed by atoms with E-state index in [9.17, 15) is 86.7 Å². The monoisotopic (exact) mass is 1850 g/mol. The van der Waals surface area contributed by atoms with E-state index in [1.165, 1.54) is 94.7 Å². The number of aromatic hydroxyl groups is 1. The molecule has 3 unspecified atom stereocenters. The Kier molecular flexibility index (Phi) is 32.3. The molecule has 2 N–H and O–H groups in total. The quantitative estimate of drug-likeness (QED) is 0.0336. The average Bonchev–Trinajstić information content (AvgIpc) is 1.67. The molecule has 6 aliphatic heterocycles. The van der Waals surface area contributed by atoms with E-state index < -0.39 is 92.7 Å². The molecular weight excluding hydrogens is 1760 g/mol. The maximum absolute atomic E-state index is 13.5. The summed E-state index contributed by atoms with van der Waals surface area (Å²) in [5, 5.41) is 13.7. The van der Waals surface area contributed by atoms with Crippen LogP contribution in [0.2, 0.25) is 0 Å². The minimum Gasteiger partial charge on any atom is -1.00 e. The zero-order valence-electron chi connectivity index (χ0n) is 60.1. The molecule has 0 bridgehead atoms. The van der Waals surface area contributed by atoms with E-state index in [0.717, 1.165) is 41.0 Å². The Bertz CT molecular complexity index is 5390. The fraction of sp³-hybridized carbons (Fsp3) is 0.325. The van der Waals surface area contributed by atoms with Crippen LogP contribution in [-0.4, -0.2) is 179 Å². The van der Waals surface area contributed by atoms with Crippen LogP contribution in [0.1, 0.15) is 126 Å². The Morgan fingerprint density at radius 1 is 0.478 bits per heavy atom. The van der Waals surface area contributed by atoms with Crippen molar-refractivity contribution in [3.63, 3.8) is 0 Å². The maximum atomic E-state index is 13.5. The van der Waals surface area contributed by atoms with Gasteiger partial charge in [0.1, 0.15) is 49.2 Å². The second-order valence-electron chi connectivity index (χ2n) is 26.2. The minimum atomic E-state index is -3.59. The molecule has 5 aromatic carbocycles. The average molecular weight is 1850 g/mol. The first-order valence-corrected chi connectivity index (χ1v) is 40.3. The molecular formula is C77H86ClF3IN9O18PdS3-2. The number of hydrogen-bond acceptors (Lipinski definition) is 19. The van der Waals surface area contributed by atoms with Crippen molar-refractivity contribution in [1.82, 2.24) is 42.3 Å². The van der Waals surface area contributed by atoms with Gasteiger partial charge in [-0.1, -0.05) is 112 Å². The molecule has 27 nitrogen and oxygen atoms in total. The molecule has 612 valence electrons. The van der Waals surface area contributed by atoms with Gasteiger partial charge in [-0.15, -0.1) is 0 Å². The number of fused-ring (bicyclic) bond motifs is 6. The standard InChI is InChI=1S/C27H26FN3O6S.C26H24FN3O4.C20H20FN3O6S.CH3ClO2S.2CH4.CH3.HI.Pd.H2/c1-38(35,36)31-14-13-30-23(31)16-29-15-21(22(32)12-9-18-7-10-20(28)11-8-18)25(33)26(24(29)27(30)34)37-17-19-5-3-2-4-6-19;27-19-9-6-17(7-10-19)8-11-21(31)20-14-29-15-22-28-12-13-30(22)26(33)23(29)25(24(20)32)34-16-18-4-2-1-3-5-18;1-31(29,30)24-9-8-23-16(24)11-22-10-14(18(26)19(27)17(22)20(23)28)15(25)7-4-12-2-5-13(21)6-3-12;1-5(2,3)4;;;;;;/h2-8,10-11,15,23H,9,12-14,16-17H2,1H3;1-7,9-10,14,22,28H,8,11-13,15-16H2;2-3,5-6,10,16,27H,4,7-9,11H2,1H3;1H3;2*1H4;1H3;1H;;1H/q;;;;;;-1;;;/p-1. The predicted molar refractivity (Wildman–Crippen MR) is 411 cm³/mol. The molecule has 3 saturated heterocycles. The van der Waals surface area contributed by atoms with Gasteiger partial charge in [0.15, 0.2) is 51.7 Å². The fourth-order valence-electron chi connectivity index (χ4n) is 13.4. The van der Waals surface area contributed by atoms with Crippen LogP contribution in [0.3, 0.4) is 0 Å². The van der Waals surface area contributed by atoms with Crippen LogP contribution in [0, 0.1) is 24.9 Å². The number of amides is 3.